The van der Waals surface area contributed by atoms with Gasteiger partial charge in [0.25, 0.3) is 0 Å². The lowest BCUT2D eigenvalue weighted by Gasteiger charge is -2.27. The molecule has 1 aliphatic rings. The number of hydrogen-bond acceptors (Lipinski definition) is 5. The summed E-state index contributed by atoms with van der Waals surface area (Å²) >= 11 is 0. The first kappa shape index (κ1) is 16.3. The van der Waals surface area contributed by atoms with Crippen LogP contribution in [0.25, 0.3) is 10.9 Å². The molecule has 0 saturated heterocycles. The third kappa shape index (κ3) is 3.17. The number of nitrogens with zero attached hydrogens (tertiary/aromatic N) is 2. The van der Waals surface area contributed by atoms with Gasteiger partial charge in [0.15, 0.2) is 5.66 Å². The van der Waals surface area contributed by atoms with E-state index in [0.717, 1.165) is 28.6 Å². The van der Waals surface area contributed by atoms with Crippen LogP contribution in [0.2, 0.25) is 0 Å². The SMILES string of the molecule is CCc1cccc(NC2=NC(N)(c3ccc4ncccc4c3)C=CN2)c1. The molecule has 0 spiro atoms. The Balaban J connectivity index is 1.65. The van der Waals surface area contributed by atoms with Crippen LogP contribution in [0.1, 0.15) is 18.1 Å². The van der Waals surface area contributed by atoms with Gasteiger partial charge < -0.3 is 10.6 Å². The van der Waals surface area contributed by atoms with Crippen LogP contribution in [0, 0.1) is 0 Å². The summed E-state index contributed by atoms with van der Waals surface area (Å²) in [6.45, 7) is 2.14. The molecule has 0 radical (unpaired) electrons. The van der Waals surface area contributed by atoms with Crippen LogP contribution in [-0.4, -0.2) is 10.9 Å². The molecule has 130 valence electrons. The van der Waals surface area contributed by atoms with Crippen molar-refractivity contribution in [2.24, 2.45) is 10.7 Å². The Morgan fingerprint density at radius 3 is 2.92 bits per heavy atom. The van der Waals surface area contributed by atoms with Crippen molar-refractivity contribution in [1.82, 2.24) is 10.3 Å². The van der Waals surface area contributed by atoms with Crippen molar-refractivity contribution >= 4 is 22.5 Å². The highest BCUT2D eigenvalue weighted by Gasteiger charge is 2.27. The minimum Gasteiger partial charge on any atom is -0.333 e. The first-order valence-corrected chi connectivity index (χ1v) is 8.70. The van der Waals surface area contributed by atoms with Crippen molar-refractivity contribution in [3.63, 3.8) is 0 Å². The van der Waals surface area contributed by atoms with E-state index >= 15 is 0 Å². The highest BCUT2D eigenvalue weighted by atomic mass is 15.2. The number of fused-ring (bicyclic) bond motifs is 1. The predicted octanol–water partition coefficient (Wildman–Crippen LogP) is 3.49. The Labute approximate surface area is 152 Å². The number of aryl methyl sites for hydroxylation is 1. The molecule has 3 aromatic rings. The molecule has 1 aromatic heterocycles. The van der Waals surface area contributed by atoms with Crippen molar-refractivity contribution < 1.29 is 0 Å². The fourth-order valence-electron chi connectivity index (χ4n) is 3.06. The maximum Gasteiger partial charge on any atom is 0.202 e. The zero-order valence-electron chi connectivity index (χ0n) is 14.6. The summed E-state index contributed by atoms with van der Waals surface area (Å²) in [5, 5.41) is 7.49. The quantitative estimate of drug-likeness (QED) is 0.680. The van der Waals surface area contributed by atoms with Crippen molar-refractivity contribution in [3.8, 4) is 0 Å². The monoisotopic (exact) mass is 343 g/mol. The molecule has 5 heteroatoms. The van der Waals surface area contributed by atoms with Crippen LogP contribution >= 0.6 is 0 Å². The number of benzene rings is 2. The average molecular weight is 343 g/mol. The number of guanidine groups is 1. The minimum atomic E-state index is -0.931. The second-order valence-corrected chi connectivity index (χ2v) is 6.35. The Bertz CT molecular complexity index is 1010. The predicted molar refractivity (Wildman–Crippen MR) is 107 cm³/mol. The topological polar surface area (TPSA) is 75.3 Å². The molecule has 0 amide bonds. The summed E-state index contributed by atoms with van der Waals surface area (Å²) in [6.07, 6.45) is 6.46. The minimum absolute atomic E-state index is 0.620. The van der Waals surface area contributed by atoms with Crippen molar-refractivity contribution in [2.75, 3.05) is 5.32 Å². The van der Waals surface area contributed by atoms with Gasteiger partial charge in [-0.15, -0.1) is 0 Å². The van der Waals surface area contributed by atoms with Crippen molar-refractivity contribution in [2.45, 2.75) is 19.0 Å². The fraction of sp³-hybridized carbons (Fsp3) is 0.143. The van der Waals surface area contributed by atoms with Gasteiger partial charge in [0.2, 0.25) is 5.96 Å². The molecule has 1 unspecified atom stereocenters. The van der Waals surface area contributed by atoms with E-state index in [-0.39, 0.29) is 0 Å². The maximum atomic E-state index is 6.60. The van der Waals surface area contributed by atoms with Gasteiger partial charge in [-0.05, 0) is 54.0 Å². The molecule has 0 bridgehead atoms. The Hall–Kier alpha value is -3.18. The standard InChI is InChI=1S/C21H21N5/c1-2-15-5-3-7-18(13-15)25-20-24-12-10-21(22,26-20)17-8-9-19-16(14-17)6-4-11-23-19/h3-14H,2,22H2,1H3,(H2,24,25,26). The molecule has 1 atom stereocenters. The molecule has 0 saturated carbocycles. The van der Waals surface area contributed by atoms with E-state index in [0.29, 0.717) is 5.96 Å². The van der Waals surface area contributed by atoms with Gasteiger partial charge in [0.05, 0.1) is 5.52 Å². The maximum absolute atomic E-state index is 6.60. The number of rotatable bonds is 3. The third-order valence-electron chi connectivity index (χ3n) is 4.52. The van der Waals surface area contributed by atoms with Crippen LogP contribution in [0.3, 0.4) is 0 Å². The zero-order chi connectivity index (χ0) is 18.0. The highest BCUT2D eigenvalue weighted by molar-refractivity contribution is 5.95. The van der Waals surface area contributed by atoms with Gasteiger partial charge in [0.1, 0.15) is 0 Å². The lowest BCUT2D eigenvalue weighted by Crippen LogP contribution is -2.41. The van der Waals surface area contributed by atoms with E-state index in [2.05, 4.69) is 34.7 Å². The van der Waals surface area contributed by atoms with E-state index in [1.165, 1.54) is 5.56 Å². The second kappa shape index (κ2) is 6.61. The highest BCUT2D eigenvalue weighted by Crippen LogP contribution is 2.26. The Morgan fingerprint density at radius 2 is 2.04 bits per heavy atom. The van der Waals surface area contributed by atoms with Crippen LogP contribution < -0.4 is 16.4 Å². The zero-order valence-corrected chi connectivity index (χ0v) is 14.6. The average Bonchev–Trinajstić information content (AvgIpc) is 2.68. The van der Waals surface area contributed by atoms with E-state index in [4.69, 9.17) is 10.7 Å². The van der Waals surface area contributed by atoms with E-state index < -0.39 is 5.66 Å². The fourth-order valence-corrected chi connectivity index (χ4v) is 3.06. The molecule has 4 N–H and O–H groups in total. The number of nitrogens with one attached hydrogen (secondary N) is 2. The Kier molecular flexibility index (Phi) is 4.14. The molecule has 26 heavy (non-hydrogen) atoms. The van der Waals surface area contributed by atoms with Crippen molar-refractivity contribution in [3.05, 3.63) is 84.2 Å². The first-order chi connectivity index (χ1) is 12.7. The van der Waals surface area contributed by atoms with Gasteiger partial charge in [-0.2, -0.15) is 0 Å². The number of aromatic nitrogens is 1. The second-order valence-electron chi connectivity index (χ2n) is 6.35. The molecule has 0 aliphatic carbocycles. The molecule has 4 rings (SSSR count). The summed E-state index contributed by atoms with van der Waals surface area (Å²) in [7, 11) is 0. The van der Waals surface area contributed by atoms with Crippen LogP contribution in [0.5, 0.6) is 0 Å². The number of nitrogens with two attached hydrogens (primary N) is 1. The summed E-state index contributed by atoms with van der Waals surface area (Å²) in [4.78, 5) is 9.06. The molecule has 2 heterocycles. The summed E-state index contributed by atoms with van der Waals surface area (Å²) in [5.74, 6) is 0.620. The molecule has 2 aromatic carbocycles. The summed E-state index contributed by atoms with van der Waals surface area (Å²) < 4.78 is 0. The third-order valence-corrected chi connectivity index (χ3v) is 4.52. The lowest BCUT2D eigenvalue weighted by atomic mass is 9.98. The summed E-state index contributed by atoms with van der Waals surface area (Å²) in [5.41, 5.74) is 9.77. The first-order valence-electron chi connectivity index (χ1n) is 8.70. The van der Waals surface area contributed by atoms with Gasteiger partial charge in [-0.25, -0.2) is 4.99 Å². The summed E-state index contributed by atoms with van der Waals surface area (Å²) in [6, 6.07) is 18.2. The smallest absolute Gasteiger partial charge is 0.202 e. The number of pyridine rings is 1. The molecule has 1 aliphatic heterocycles. The molecular weight excluding hydrogens is 322 g/mol. The van der Waals surface area contributed by atoms with Gasteiger partial charge in [-0.3, -0.25) is 10.7 Å². The number of anilines is 1. The van der Waals surface area contributed by atoms with Gasteiger partial charge in [0, 0.05) is 23.5 Å². The van der Waals surface area contributed by atoms with E-state index in [9.17, 15) is 0 Å². The number of aliphatic imine (C=N–C) groups is 1. The lowest BCUT2D eigenvalue weighted by molar-refractivity contribution is 0.583. The molecule has 5 nitrogen and oxygen atoms in total. The van der Waals surface area contributed by atoms with Gasteiger partial charge >= 0.3 is 0 Å². The van der Waals surface area contributed by atoms with Crippen LogP contribution in [0.4, 0.5) is 5.69 Å². The van der Waals surface area contributed by atoms with Crippen LogP contribution in [-0.2, 0) is 12.1 Å². The van der Waals surface area contributed by atoms with E-state index in [1.54, 1.807) is 6.20 Å². The largest absolute Gasteiger partial charge is 0.333 e. The Morgan fingerprint density at radius 1 is 1.12 bits per heavy atom. The van der Waals surface area contributed by atoms with Gasteiger partial charge in [-0.1, -0.05) is 31.2 Å². The van der Waals surface area contributed by atoms with E-state index in [1.807, 2.05) is 54.7 Å². The van der Waals surface area contributed by atoms with Crippen LogP contribution in [0.15, 0.2) is 78.1 Å². The van der Waals surface area contributed by atoms with Crippen molar-refractivity contribution in [1.29, 1.82) is 0 Å². The normalized spacial score (nSPS) is 19.1. The molecular formula is C21H21N5. The molecule has 0 fully saturated rings. The number of hydrogen-bond donors (Lipinski definition) is 3.